The molecular formula is C9H12F6OS. The molecule has 102 valence electrons. The molecule has 0 spiro atoms. The van der Waals surface area contributed by atoms with Crippen molar-refractivity contribution < 1.29 is 31.1 Å². The SMILES string of the molecule is CC(=O)SCCC(F)(F)CC(F)(F)CC(F)F. The highest BCUT2D eigenvalue weighted by atomic mass is 32.2. The van der Waals surface area contributed by atoms with Gasteiger partial charge in [-0.1, -0.05) is 11.8 Å². The van der Waals surface area contributed by atoms with Crippen LogP contribution in [0.5, 0.6) is 0 Å². The lowest BCUT2D eigenvalue weighted by Crippen LogP contribution is -2.31. The first-order chi connectivity index (χ1) is 7.54. The Morgan fingerprint density at radius 2 is 1.71 bits per heavy atom. The second-order valence-corrected chi connectivity index (χ2v) is 4.85. The summed E-state index contributed by atoms with van der Waals surface area (Å²) >= 11 is 0.586. The Morgan fingerprint density at radius 3 is 2.12 bits per heavy atom. The van der Waals surface area contributed by atoms with Gasteiger partial charge in [0.15, 0.2) is 5.12 Å². The number of rotatable bonds is 7. The molecule has 1 nitrogen and oxygen atoms in total. The summed E-state index contributed by atoms with van der Waals surface area (Å²) in [7, 11) is 0. The summed E-state index contributed by atoms with van der Waals surface area (Å²) in [5.41, 5.74) is 0. The van der Waals surface area contributed by atoms with Crippen molar-refractivity contribution in [3.05, 3.63) is 0 Å². The number of hydrogen-bond acceptors (Lipinski definition) is 2. The van der Waals surface area contributed by atoms with Crippen LogP contribution >= 0.6 is 11.8 Å². The van der Waals surface area contributed by atoms with E-state index in [4.69, 9.17) is 0 Å². The fraction of sp³-hybridized carbons (Fsp3) is 0.889. The number of halogens is 6. The minimum Gasteiger partial charge on any atom is -0.288 e. The molecule has 0 aromatic rings. The van der Waals surface area contributed by atoms with Crippen LogP contribution in [0.3, 0.4) is 0 Å². The number of carbonyl (C=O) groups excluding carboxylic acids is 1. The number of thioether (sulfide) groups is 1. The zero-order chi connectivity index (χ0) is 13.7. The smallest absolute Gasteiger partial charge is 0.259 e. The second kappa shape index (κ2) is 6.51. The molecule has 0 atom stereocenters. The Hall–Kier alpha value is -0.400. The summed E-state index contributed by atoms with van der Waals surface area (Å²) in [5, 5.41) is -0.403. The topological polar surface area (TPSA) is 17.1 Å². The standard InChI is InChI=1S/C9H12F6OS/c1-6(16)17-3-2-8(12,13)5-9(14,15)4-7(10)11/h7H,2-5H2,1H3. The fourth-order valence-electron chi connectivity index (χ4n) is 1.11. The lowest BCUT2D eigenvalue weighted by molar-refractivity contribution is -0.131. The Labute approximate surface area is 98.9 Å². The Morgan fingerprint density at radius 1 is 1.18 bits per heavy atom. The zero-order valence-electron chi connectivity index (χ0n) is 8.99. The third-order valence-corrected chi connectivity index (χ3v) is 2.56. The first kappa shape index (κ1) is 16.6. The van der Waals surface area contributed by atoms with E-state index in [0.29, 0.717) is 11.8 Å². The van der Waals surface area contributed by atoms with Crippen molar-refractivity contribution >= 4 is 16.9 Å². The van der Waals surface area contributed by atoms with Gasteiger partial charge in [0.05, 0.1) is 12.8 Å². The summed E-state index contributed by atoms with van der Waals surface area (Å²) in [4.78, 5) is 10.4. The summed E-state index contributed by atoms with van der Waals surface area (Å²) in [6.07, 6.45) is -8.05. The fourth-order valence-corrected chi connectivity index (χ4v) is 1.80. The van der Waals surface area contributed by atoms with Gasteiger partial charge in [0.1, 0.15) is 0 Å². The van der Waals surface area contributed by atoms with Crippen molar-refractivity contribution in [3.8, 4) is 0 Å². The minimum atomic E-state index is -4.10. The zero-order valence-corrected chi connectivity index (χ0v) is 9.81. The van der Waals surface area contributed by atoms with E-state index in [9.17, 15) is 31.1 Å². The van der Waals surface area contributed by atoms with Gasteiger partial charge < -0.3 is 0 Å². The lowest BCUT2D eigenvalue weighted by atomic mass is 10.1. The highest BCUT2D eigenvalue weighted by Gasteiger charge is 2.44. The van der Waals surface area contributed by atoms with E-state index in [1.54, 1.807) is 0 Å². The van der Waals surface area contributed by atoms with E-state index in [1.165, 1.54) is 0 Å². The van der Waals surface area contributed by atoms with Crippen LogP contribution in [0.25, 0.3) is 0 Å². The van der Waals surface area contributed by atoms with Gasteiger partial charge >= 0.3 is 0 Å². The van der Waals surface area contributed by atoms with Crippen molar-refractivity contribution in [2.45, 2.75) is 44.5 Å². The minimum absolute atomic E-state index is 0.312. The van der Waals surface area contributed by atoms with Crippen molar-refractivity contribution in [1.82, 2.24) is 0 Å². The number of hydrogen-bond donors (Lipinski definition) is 0. The Balaban J connectivity index is 4.18. The van der Waals surface area contributed by atoms with Crippen LogP contribution in [0.15, 0.2) is 0 Å². The molecule has 0 aromatic heterocycles. The van der Waals surface area contributed by atoms with E-state index >= 15 is 0 Å². The van der Waals surface area contributed by atoms with Crippen LogP contribution in [0.1, 0.15) is 26.2 Å². The number of carbonyl (C=O) groups is 1. The van der Waals surface area contributed by atoms with Gasteiger partial charge in [-0.25, -0.2) is 26.3 Å². The molecule has 0 saturated heterocycles. The molecule has 0 heterocycles. The summed E-state index contributed by atoms with van der Waals surface area (Å²) < 4.78 is 74.8. The van der Waals surface area contributed by atoms with Gasteiger partial charge in [-0.05, 0) is 0 Å². The van der Waals surface area contributed by atoms with Crippen molar-refractivity contribution in [1.29, 1.82) is 0 Å². The van der Waals surface area contributed by atoms with Crippen LogP contribution in [0.2, 0.25) is 0 Å². The quantitative estimate of drug-likeness (QED) is 0.657. The molecular weight excluding hydrogens is 270 g/mol. The predicted octanol–water partition coefficient (Wildman–Crippen LogP) is 3.97. The molecule has 0 aliphatic heterocycles. The first-order valence-corrected chi connectivity index (χ1v) is 5.70. The second-order valence-electron chi connectivity index (χ2n) is 3.57. The predicted molar refractivity (Wildman–Crippen MR) is 52.9 cm³/mol. The maximum absolute atomic E-state index is 13.0. The molecule has 0 saturated carbocycles. The van der Waals surface area contributed by atoms with Crippen molar-refractivity contribution in [3.63, 3.8) is 0 Å². The average Bonchev–Trinajstić information content (AvgIpc) is 1.95. The third kappa shape index (κ3) is 9.31. The molecule has 17 heavy (non-hydrogen) atoms. The molecule has 0 aliphatic rings. The largest absolute Gasteiger partial charge is 0.288 e. The van der Waals surface area contributed by atoms with E-state index in [2.05, 4.69) is 0 Å². The number of alkyl halides is 6. The molecule has 0 aromatic carbocycles. The van der Waals surface area contributed by atoms with Gasteiger partial charge in [-0.2, -0.15) is 0 Å². The third-order valence-electron chi connectivity index (χ3n) is 1.74. The van der Waals surface area contributed by atoms with Crippen molar-refractivity contribution in [2.24, 2.45) is 0 Å². The maximum atomic E-state index is 13.0. The summed E-state index contributed by atoms with van der Waals surface area (Å²) in [6.45, 7) is 1.16. The van der Waals surface area contributed by atoms with Crippen LogP contribution in [-0.4, -0.2) is 29.1 Å². The Bertz CT molecular complexity index is 256. The molecule has 0 N–H and O–H groups in total. The van der Waals surface area contributed by atoms with Crippen LogP contribution in [0.4, 0.5) is 26.3 Å². The molecule has 0 aliphatic carbocycles. The molecule has 0 unspecified atom stereocenters. The van der Waals surface area contributed by atoms with Gasteiger partial charge in [0.25, 0.3) is 11.8 Å². The van der Waals surface area contributed by atoms with Crippen LogP contribution < -0.4 is 0 Å². The van der Waals surface area contributed by atoms with E-state index in [-0.39, 0.29) is 5.75 Å². The van der Waals surface area contributed by atoms with Gasteiger partial charge in [0.2, 0.25) is 6.43 Å². The molecule has 8 heteroatoms. The highest BCUT2D eigenvalue weighted by Crippen LogP contribution is 2.37. The molecule has 0 amide bonds. The molecule has 0 bridgehead atoms. The maximum Gasteiger partial charge on any atom is 0.259 e. The lowest BCUT2D eigenvalue weighted by Gasteiger charge is -2.22. The van der Waals surface area contributed by atoms with E-state index in [1.807, 2.05) is 0 Å². The first-order valence-electron chi connectivity index (χ1n) is 4.71. The van der Waals surface area contributed by atoms with E-state index in [0.717, 1.165) is 6.92 Å². The Kier molecular flexibility index (Phi) is 6.36. The van der Waals surface area contributed by atoms with Gasteiger partial charge in [0, 0.05) is 19.1 Å². The highest BCUT2D eigenvalue weighted by molar-refractivity contribution is 8.13. The van der Waals surface area contributed by atoms with Crippen molar-refractivity contribution in [2.75, 3.05) is 5.75 Å². The van der Waals surface area contributed by atoms with Gasteiger partial charge in [-0.15, -0.1) is 0 Å². The monoisotopic (exact) mass is 282 g/mol. The molecule has 0 radical (unpaired) electrons. The summed E-state index contributed by atoms with van der Waals surface area (Å²) in [6, 6.07) is 0. The summed E-state index contributed by atoms with van der Waals surface area (Å²) in [5.74, 6) is -8.16. The van der Waals surface area contributed by atoms with Crippen LogP contribution in [0, 0.1) is 0 Å². The molecule has 0 rings (SSSR count). The van der Waals surface area contributed by atoms with Gasteiger partial charge in [-0.3, -0.25) is 4.79 Å². The molecule has 0 fully saturated rings. The van der Waals surface area contributed by atoms with Crippen LogP contribution in [-0.2, 0) is 4.79 Å². The average molecular weight is 282 g/mol. The normalized spacial score (nSPS) is 13.2. The van der Waals surface area contributed by atoms with E-state index < -0.39 is 42.6 Å².